The SMILES string of the molecule is C#Cc1c(F)ccc2cc(O)cc(-c3ncc4c(N5C[C@H]6CC[C@@H](C5)N6)nc(OC[C@@]5(C)CN(C)CC[C@@H]5C)nc4c3F)c12. The van der Waals surface area contributed by atoms with Crippen molar-refractivity contribution in [3.05, 3.63) is 47.7 Å². The Hall–Kier alpha value is -4.07. The fourth-order valence-electron chi connectivity index (χ4n) is 7.27. The summed E-state index contributed by atoms with van der Waals surface area (Å²) in [6.07, 6.45) is 10.5. The third-order valence-electron chi connectivity index (χ3n) is 9.91. The summed E-state index contributed by atoms with van der Waals surface area (Å²) < 4.78 is 37.9. The number of hydrogen-bond donors (Lipinski definition) is 2. The fraction of sp³-hybridized carbons (Fsp3) is 0.441. The van der Waals surface area contributed by atoms with E-state index in [0.717, 1.165) is 45.4 Å². The Bertz CT molecular complexity index is 1810. The molecule has 44 heavy (non-hydrogen) atoms. The van der Waals surface area contributed by atoms with E-state index in [4.69, 9.17) is 16.1 Å². The third kappa shape index (κ3) is 4.88. The number of likely N-dealkylation sites (tertiary alicyclic amines) is 1. The number of fused-ring (bicyclic) bond motifs is 4. The second kappa shape index (κ2) is 10.8. The summed E-state index contributed by atoms with van der Waals surface area (Å²) in [5.74, 6) is 1.95. The van der Waals surface area contributed by atoms with Crippen molar-refractivity contribution in [3.8, 4) is 35.4 Å². The van der Waals surface area contributed by atoms with Crippen LogP contribution in [0.25, 0.3) is 32.9 Å². The van der Waals surface area contributed by atoms with Crippen LogP contribution in [0.1, 0.15) is 38.7 Å². The number of hydrogen-bond acceptors (Lipinski definition) is 8. The first kappa shape index (κ1) is 28.7. The van der Waals surface area contributed by atoms with Gasteiger partial charge in [0.1, 0.15) is 28.6 Å². The number of terminal acetylenes is 1. The maximum absolute atomic E-state index is 16.8. The van der Waals surface area contributed by atoms with Crippen LogP contribution in [-0.2, 0) is 0 Å². The third-order valence-corrected chi connectivity index (χ3v) is 9.91. The molecule has 10 heteroatoms. The van der Waals surface area contributed by atoms with Gasteiger partial charge in [0.15, 0.2) is 5.82 Å². The lowest BCUT2D eigenvalue weighted by atomic mass is 9.74. The molecular weight excluding hydrogens is 562 g/mol. The highest BCUT2D eigenvalue weighted by Crippen LogP contribution is 2.40. The smallest absolute Gasteiger partial charge is 0.319 e. The lowest BCUT2D eigenvalue weighted by molar-refractivity contribution is 0.0192. The lowest BCUT2D eigenvalue weighted by Crippen LogP contribution is -2.51. The Labute approximate surface area is 255 Å². The molecule has 0 aliphatic carbocycles. The maximum atomic E-state index is 16.8. The van der Waals surface area contributed by atoms with Crippen LogP contribution in [0.2, 0.25) is 0 Å². The van der Waals surface area contributed by atoms with E-state index in [2.05, 4.69) is 51.9 Å². The van der Waals surface area contributed by atoms with Gasteiger partial charge in [0.2, 0.25) is 0 Å². The number of piperazine rings is 1. The van der Waals surface area contributed by atoms with Gasteiger partial charge in [-0.15, -0.1) is 6.42 Å². The standard InChI is InChI=1S/C34H36F2N6O2/c1-5-24-27(35)9-6-20-12-23(43)13-25(28(20)24)30-29(36)31-26(14-37-30)32(42-15-21-7-8-22(16-42)38-21)40-33(39-31)44-18-34(3)17-41(4)11-10-19(34)2/h1,6,9,12-14,19,21-22,38,43H,7-8,10-11,15-18H2,2-4H3/t19-,21-,22+,34+/m0/s1. The summed E-state index contributed by atoms with van der Waals surface area (Å²) in [6.45, 7) is 8.20. The average Bonchev–Trinajstić information content (AvgIpc) is 3.35. The minimum atomic E-state index is -0.717. The van der Waals surface area contributed by atoms with E-state index in [1.165, 1.54) is 24.3 Å². The fourth-order valence-corrected chi connectivity index (χ4v) is 7.27. The van der Waals surface area contributed by atoms with E-state index in [1.54, 1.807) is 6.20 Å². The molecule has 7 rings (SSSR count). The number of rotatable bonds is 5. The van der Waals surface area contributed by atoms with Gasteiger partial charge in [-0.3, -0.25) is 4.98 Å². The topological polar surface area (TPSA) is 86.6 Å². The summed E-state index contributed by atoms with van der Waals surface area (Å²) in [5.41, 5.74) is -0.0119. The number of anilines is 1. The van der Waals surface area contributed by atoms with Gasteiger partial charge in [0.05, 0.1) is 17.6 Å². The van der Waals surface area contributed by atoms with Gasteiger partial charge in [-0.2, -0.15) is 9.97 Å². The zero-order chi connectivity index (χ0) is 30.7. The van der Waals surface area contributed by atoms with Crippen LogP contribution in [0.5, 0.6) is 11.8 Å². The number of piperidine rings is 1. The van der Waals surface area contributed by atoms with Gasteiger partial charge in [0.25, 0.3) is 0 Å². The largest absolute Gasteiger partial charge is 0.508 e. The molecule has 228 valence electrons. The van der Waals surface area contributed by atoms with Crippen LogP contribution in [-0.4, -0.2) is 76.9 Å². The van der Waals surface area contributed by atoms with Crippen molar-refractivity contribution in [2.45, 2.75) is 45.2 Å². The van der Waals surface area contributed by atoms with Crippen LogP contribution in [0.4, 0.5) is 14.6 Å². The molecule has 3 aliphatic rings. The molecule has 4 atom stereocenters. The van der Waals surface area contributed by atoms with Gasteiger partial charge < -0.3 is 25.0 Å². The highest BCUT2D eigenvalue weighted by atomic mass is 19.1. The Balaban J connectivity index is 1.38. The molecular formula is C34H36F2N6O2. The molecule has 3 fully saturated rings. The van der Waals surface area contributed by atoms with Crippen LogP contribution in [0, 0.1) is 35.3 Å². The van der Waals surface area contributed by atoms with Crippen molar-refractivity contribution in [3.63, 3.8) is 0 Å². The first-order valence-corrected chi connectivity index (χ1v) is 15.2. The Morgan fingerprint density at radius 2 is 1.93 bits per heavy atom. The quantitative estimate of drug-likeness (QED) is 0.307. The highest BCUT2D eigenvalue weighted by molar-refractivity contribution is 6.03. The molecule has 0 saturated carbocycles. The van der Waals surface area contributed by atoms with Crippen molar-refractivity contribution in [1.29, 1.82) is 0 Å². The predicted octanol–water partition coefficient (Wildman–Crippen LogP) is 5.11. The van der Waals surface area contributed by atoms with Gasteiger partial charge >= 0.3 is 6.01 Å². The lowest BCUT2D eigenvalue weighted by Gasteiger charge is -2.43. The zero-order valence-corrected chi connectivity index (χ0v) is 25.2. The van der Waals surface area contributed by atoms with Crippen molar-refractivity contribution >= 4 is 27.5 Å². The molecule has 2 N–H and O–H groups in total. The molecule has 0 unspecified atom stereocenters. The number of nitrogens with one attached hydrogen (secondary N) is 1. The molecule has 8 nitrogen and oxygen atoms in total. The number of phenols is 1. The molecule has 5 heterocycles. The number of ether oxygens (including phenoxy) is 1. The summed E-state index contributed by atoms with van der Waals surface area (Å²) in [4.78, 5) is 18.5. The van der Waals surface area contributed by atoms with Gasteiger partial charge in [-0.05, 0) is 62.4 Å². The average molecular weight is 599 g/mol. The van der Waals surface area contributed by atoms with Crippen molar-refractivity contribution in [1.82, 2.24) is 25.2 Å². The first-order chi connectivity index (χ1) is 21.1. The zero-order valence-electron chi connectivity index (χ0n) is 25.2. The summed E-state index contributed by atoms with van der Waals surface area (Å²) >= 11 is 0. The van der Waals surface area contributed by atoms with Crippen LogP contribution < -0.4 is 15.0 Å². The van der Waals surface area contributed by atoms with E-state index in [1.807, 2.05) is 0 Å². The van der Waals surface area contributed by atoms with Crippen LogP contribution in [0.3, 0.4) is 0 Å². The first-order valence-electron chi connectivity index (χ1n) is 15.2. The van der Waals surface area contributed by atoms with Gasteiger partial charge in [0, 0.05) is 54.3 Å². The number of aromatic nitrogens is 3. The summed E-state index contributed by atoms with van der Waals surface area (Å²) in [5, 5.41) is 15.4. The monoisotopic (exact) mass is 598 g/mol. The maximum Gasteiger partial charge on any atom is 0.319 e. The predicted molar refractivity (Wildman–Crippen MR) is 167 cm³/mol. The van der Waals surface area contributed by atoms with Crippen LogP contribution in [0.15, 0.2) is 30.5 Å². The molecule has 2 aromatic carbocycles. The molecule has 2 aromatic heterocycles. The molecule has 0 radical (unpaired) electrons. The summed E-state index contributed by atoms with van der Waals surface area (Å²) in [6, 6.07) is 6.32. The van der Waals surface area contributed by atoms with E-state index in [-0.39, 0.29) is 39.5 Å². The van der Waals surface area contributed by atoms with E-state index < -0.39 is 11.6 Å². The molecule has 0 spiro atoms. The summed E-state index contributed by atoms with van der Waals surface area (Å²) in [7, 11) is 2.11. The second-order valence-corrected chi connectivity index (χ2v) is 13.1. The number of halogens is 2. The minimum absolute atomic E-state index is 0.0256. The second-order valence-electron chi connectivity index (χ2n) is 13.1. The van der Waals surface area contributed by atoms with Crippen molar-refractivity contribution in [2.75, 3.05) is 44.7 Å². The molecule has 3 saturated heterocycles. The molecule has 2 bridgehead atoms. The van der Waals surface area contributed by atoms with Crippen molar-refractivity contribution < 1.29 is 18.6 Å². The highest BCUT2D eigenvalue weighted by Gasteiger charge is 2.38. The van der Waals surface area contributed by atoms with E-state index in [0.29, 0.717) is 46.6 Å². The number of aromatic hydroxyl groups is 1. The van der Waals surface area contributed by atoms with E-state index in [9.17, 15) is 9.50 Å². The van der Waals surface area contributed by atoms with Gasteiger partial charge in [-0.1, -0.05) is 25.8 Å². The Kier molecular flexibility index (Phi) is 7.06. The van der Waals surface area contributed by atoms with E-state index >= 15 is 4.39 Å². The number of pyridine rings is 1. The minimum Gasteiger partial charge on any atom is -0.508 e. The normalized spacial score (nSPS) is 25.5. The molecule has 4 aromatic rings. The Morgan fingerprint density at radius 1 is 1.16 bits per heavy atom. The molecule has 3 aliphatic heterocycles. The van der Waals surface area contributed by atoms with Crippen molar-refractivity contribution in [2.24, 2.45) is 11.3 Å². The van der Waals surface area contributed by atoms with Gasteiger partial charge in [-0.25, -0.2) is 8.78 Å². The number of benzene rings is 2. The molecule has 0 amide bonds. The Morgan fingerprint density at radius 3 is 2.68 bits per heavy atom. The number of phenolic OH excluding ortho intramolecular Hbond substituents is 1. The van der Waals surface area contributed by atoms with Crippen LogP contribution >= 0.6 is 0 Å². The number of nitrogens with zero attached hydrogens (tertiary/aromatic N) is 5.